The number of nitro benzene ring substituents is 1. The molecule has 1 atom stereocenters. The normalized spacial score (nSPS) is 20.6. The smallest absolute Gasteiger partial charge is 0.272 e. The van der Waals surface area contributed by atoms with E-state index in [1.807, 2.05) is 6.92 Å². The van der Waals surface area contributed by atoms with Gasteiger partial charge in [0.05, 0.1) is 14.8 Å². The number of rotatable bonds is 4. The number of hydrogen-bond acceptors (Lipinski definition) is 3. The fraction of sp³-hybridized carbons (Fsp3) is 0.500. The Morgan fingerprint density at radius 2 is 2.06 bits per heavy atom. The third-order valence-corrected chi connectivity index (χ3v) is 5.03. The third-order valence-electron chi connectivity index (χ3n) is 3.09. The van der Waals surface area contributed by atoms with E-state index in [1.54, 1.807) is 19.1 Å². The molecule has 4 nitrogen and oxygen atoms in total. The van der Waals surface area contributed by atoms with E-state index < -0.39 is 0 Å². The molecule has 1 unspecified atom stereocenters. The Hall–Kier alpha value is -0.620. The van der Waals surface area contributed by atoms with Gasteiger partial charge < -0.3 is 4.74 Å². The zero-order valence-corrected chi connectivity index (χ0v) is 13.2. The highest BCUT2D eigenvalue weighted by Crippen LogP contribution is 2.56. The molecule has 18 heavy (non-hydrogen) atoms. The standard InChI is InChI=1S/C12H13Br2NO3/c1-7-4-11(8(2)3-10(7)15(16)17)18-6-9-5-12(9,13)14/h3-4,9H,5-6H2,1-2H3. The minimum atomic E-state index is -0.366. The lowest BCUT2D eigenvalue weighted by Gasteiger charge is -2.10. The summed E-state index contributed by atoms with van der Waals surface area (Å²) in [6, 6.07) is 3.30. The van der Waals surface area contributed by atoms with Crippen LogP contribution < -0.4 is 4.74 Å². The van der Waals surface area contributed by atoms with Crippen LogP contribution in [0.5, 0.6) is 5.75 Å². The first-order chi connectivity index (χ1) is 8.31. The average Bonchev–Trinajstić information content (AvgIpc) is 2.87. The first-order valence-corrected chi connectivity index (χ1v) is 7.16. The van der Waals surface area contributed by atoms with Crippen LogP contribution in [0.15, 0.2) is 12.1 Å². The van der Waals surface area contributed by atoms with Gasteiger partial charge in [-0.15, -0.1) is 0 Å². The molecule has 0 amide bonds. The van der Waals surface area contributed by atoms with Gasteiger partial charge in [0.2, 0.25) is 0 Å². The summed E-state index contributed by atoms with van der Waals surface area (Å²) in [4.78, 5) is 10.4. The Kier molecular flexibility index (Phi) is 3.69. The van der Waals surface area contributed by atoms with Crippen molar-refractivity contribution in [1.29, 1.82) is 0 Å². The SMILES string of the molecule is Cc1cc([N+](=O)[O-])c(C)cc1OCC1CC1(Br)Br. The monoisotopic (exact) mass is 377 g/mol. The van der Waals surface area contributed by atoms with E-state index in [4.69, 9.17) is 4.74 Å². The molecule has 0 aliphatic heterocycles. The van der Waals surface area contributed by atoms with Gasteiger partial charge in [0.15, 0.2) is 0 Å². The largest absolute Gasteiger partial charge is 0.493 e. The highest BCUT2D eigenvalue weighted by molar-refractivity contribution is 9.25. The number of nitro groups is 1. The van der Waals surface area contributed by atoms with E-state index in [1.165, 1.54) is 0 Å². The van der Waals surface area contributed by atoms with Crippen molar-refractivity contribution >= 4 is 37.5 Å². The first kappa shape index (κ1) is 13.8. The molecule has 1 aromatic rings. The number of hydrogen-bond donors (Lipinski definition) is 0. The molecule has 2 rings (SSSR count). The summed E-state index contributed by atoms with van der Waals surface area (Å²) in [5.74, 6) is 1.16. The van der Waals surface area contributed by atoms with Crippen LogP contribution in [0.3, 0.4) is 0 Å². The van der Waals surface area contributed by atoms with Crippen molar-refractivity contribution in [2.75, 3.05) is 6.61 Å². The van der Waals surface area contributed by atoms with Gasteiger partial charge in [0.1, 0.15) is 5.75 Å². The number of halogens is 2. The second-order valence-electron chi connectivity index (χ2n) is 4.63. The van der Waals surface area contributed by atoms with Gasteiger partial charge in [0, 0.05) is 17.5 Å². The molecule has 0 heterocycles. The predicted molar refractivity (Wildman–Crippen MR) is 76.8 cm³/mol. The van der Waals surface area contributed by atoms with Crippen LogP contribution in [0.2, 0.25) is 0 Å². The number of ether oxygens (including phenoxy) is 1. The Morgan fingerprint density at radius 3 is 2.56 bits per heavy atom. The lowest BCUT2D eigenvalue weighted by atomic mass is 10.1. The van der Waals surface area contributed by atoms with Crippen molar-refractivity contribution in [1.82, 2.24) is 0 Å². The highest BCUT2D eigenvalue weighted by Gasteiger charge is 2.50. The Bertz CT molecular complexity index is 502. The Labute approximate surface area is 122 Å². The van der Waals surface area contributed by atoms with Crippen LogP contribution in [-0.4, -0.2) is 14.8 Å². The zero-order valence-electron chi connectivity index (χ0n) is 10.1. The molecule has 0 aromatic heterocycles. The molecule has 0 spiro atoms. The van der Waals surface area contributed by atoms with Crippen molar-refractivity contribution in [3.8, 4) is 5.75 Å². The van der Waals surface area contributed by atoms with Crippen molar-refractivity contribution < 1.29 is 9.66 Å². The molecule has 0 radical (unpaired) electrons. The molecule has 6 heteroatoms. The highest BCUT2D eigenvalue weighted by atomic mass is 79.9. The predicted octanol–water partition coefficient (Wildman–Crippen LogP) is 4.10. The summed E-state index contributed by atoms with van der Waals surface area (Å²) in [5.41, 5.74) is 1.56. The van der Waals surface area contributed by atoms with E-state index in [0.29, 0.717) is 18.1 Å². The molecule has 1 aliphatic rings. The van der Waals surface area contributed by atoms with E-state index in [2.05, 4.69) is 31.9 Å². The minimum absolute atomic E-state index is 0.0176. The van der Waals surface area contributed by atoms with E-state index in [9.17, 15) is 10.1 Å². The van der Waals surface area contributed by atoms with Crippen LogP contribution in [-0.2, 0) is 0 Å². The molecule has 1 aliphatic carbocycles. The Morgan fingerprint density at radius 1 is 1.44 bits per heavy atom. The van der Waals surface area contributed by atoms with Crippen molar-refractivity contribution in [3.63, 3.8) is 0 Å². The fourth-order valence-electron chi connectivity index (χ4n) is 1.77. The second kappa shape index (κ2) is 4.81. The van der Waals surface area contributed by atoms with Crippen molar-refractivity contribution in [3.05, 3.63) is 33.4 Å². The summed E-state index contributed by atoms with van der Waals surface area (Å²) >= 11 is 7.07. The van der Waals surface area contributed by atoms with Gasteiger partial charge in [-0.05, 0) is 31.9 Å². The lowest BCUT2D eigenvalue weighted by molar-refractivity contribution is -0.385. The van der Waals surface area contributed by atoms with Crippen LogP contribution in [0.4, 0.5) is 5.69 Å². The van der Waals surface area contributed by atoms with Gasteiger partial charge in [0.25, 0.3) is 5.69 Å². The van der Waals surface area contributed by atoms with Crippen molar-refractivity contribution in [2.24, 2.45) is 5.92 Å². The van der Waals surface area contributed by atoms with Crippen LogP contribution in [0.25, 0.3) is 0 Å². The zero-order chi connectivity index (χ0) is 13.5. The summed E-state index contributed by atoms with van der Waals surface area (Å²) < 4.78 is 5.75. The maximum atomic E-state index is 10.8. The molecule has 1 aromatic carbocycles. The molecular formula is C12H13Br2NO3. The number of aryl methyl sites for hydroxylation is 2. The fourth-order valence-corrected chi connectivity index (χ4v) is 2.81. The van der Waals surface area contributed by atoms with Crippen molar-refractivity contribution in [2.45, 2.75) is 23.5 Å². The summed E-state index contributed by atoms with van der Waals surface area (Å²) in [5, 5.41) is 10.8. The minimum Gasteiger partial charge on any atom is -0.493 e. The Balaban J connectivity index is 2.10. The lowest BCUT2D eigenvalue weighted by Crippen LogP contribution is -2.05. The molecule has 0 saturated heterocycles. The molecular weight excluding hydrogens is 366 g/mol. The number of alkyl halides is 2. The quantitative estimate of drug-likeness (QED) is 0.450. The molecule has 0 bridgehead atoms. The van der Waals surface area contributed by atoms with Crippen LogP contribution in [0, 0.1) is 29.9 Å². The summed E-state index contributed by atoms with van der Waals surface area (Å²) in [7, 11) is 0. The van der Waals surface area contributed by atoms with Gasteiger partial charge in [-0.1, -0.05) is 31.9 Å². The van der Waals surface area contributed by atoms with Gasteiger partial charge in [-0.2, -0.15) is 0 Å². The van der Waals surface area contributed by atoms with E-state index >= 15 is 0 Å². The topological polar surface area (TPSA) is 52.4 Å². The molecule has 1 fully saturated rings. The third kappa shape index (κ3) is 2.85. The maximum absolute atomic E-state index is 10.8. The maximum Gasteiger partial charge on any atom is 0.272 e. The first-order valence-electron chi connectivity index (χ1n) is 5.57. The molecule has 98 valence electrons. The van der Waals surface area contributed by atoms with Gasteiger partial charge in [-0.25, -0.2) is 0 Å². The number of benzene rings is 1. The van der Waals surface area contributed by atoms with Gasteiger partial charge in [-0.3, -0.25) is 10.1 Å². The average molecular weight is 379 g/mol. The second-order valence-corrected chi connectivity index (χ2v) is 8.53. The number of nitrogens with zero attached hydrogens (tertiary/aromatic N) is 1. The van der Waals surface area contributed by atoms with E-state index in [0.717, 1.165) is 17.7 Å². The van der Waals surface area contributed by atoms with Gasteiger partial charge >= 0.3 is 0 Å². The summed E-state index contributed by atoms with van der Waals surface area (Å²) in [6.07, 6.45) is 1.03. The summed E-state index contributed by atoms with van der Waals surface area (Å²) in [6.45, 7) is 4.15. The molecule has 1 saturated carbocycles. The van der Waals surface area contributed by atoms with Crippen LogP contribution >= 0.6 is 31.9 Å². The van der Waals surface area contributed by atoms with E-state index in [-0.39, 0.29) is 13.8 Å². The molecule has 0 N–H and O–H groups in total. The van der Waals surface area contributed by atoms with Crippen LogP contribution in [0.1, 0.15) is 17.5 Å².